The van der Waals surface area contributed by atoms with Crippen LogP contribution in [-0.2, 0) is 0 Å². The summed E-state index contributed by atoms with van der Waals surface area (Å²) in [4.78, 5) is 5.37. The van der Waals surface area contributed by atoms with Gasteiger partial charge < -0.3 is 5.32 Å². The predicted molar refractivity (Wildman–Crippen MR) is 75.9 cm³/mol. The predicted octanol–water partition coefficient (Wildman–Crippen LogP) is 1.55. The van der Waals surface area contributed by atoms with Crippen molar-refractivity contribution in [2.24, 2.45) is 5.92 Å². The fourth-order valence-corrected chi connectivity index (χ4v) is 4.02. The minimum Gasteiger partial charge on any atom is -0.315 e. The monoisotopic (exact) mass is 251 g/mol. The van der Waals surface area contributed by atoms with E-state index >= 15 is 0 Å². The highest BCUT2D eigenvalue weighted by Gasteiger charge is 2.29. The van der Waals surface area contributed by atoms with Gasteiger partial charge in [-0.3, -0.25) is 9.80 Å². The zero-order chi connectivity index (χ0) is 12.2. The van der Waals surface area contributed by atoms with E-state index in [1.54, 1.807) is 0 Å². The van der Waals surface area contributed by atoms with Crippen molar-refractivity contribution in [3.05, 3.63) is 0 Å². The Morgan fingerprint density at radius 3 is 2.72 bits per heavy atom. The lowest BCUT2D eigenvalue weighted by molar-refractivity contribution is 0.105. The van der Waals surface area contributed by atoms with Crippen molar-refractivity contribution in [1.82, 2.24) is 15.1 Å². The molecule has 3 aliphatic rings. The molecule has 3 nitrogen and oxygen atoms in total. The number of hydrogen-bond acceptors (Lipinski definition) is 3. The van der Waals surface area contributed by atoms with E-state index in [2.05, 4.69) is 15.1 Å². The standard InChI is InChI=1S/C15H29N3/c1-2-5-14(4-1)12-16-7-9-17-10-11-18-8-3-6-15(18)13-17/h14-16H,1-13H2. The molecule has 1 atom stereocenters. The lowest BCUT2D eigenvalue weighted by Gasteiger charge is -2.37. The highest BCUT2D eigenvalue weighted by molar-refractivity contribution is 4.86. The van der Waals surface area contributed by atoms with Crippen LogP contribution in [-0.4, -0.2) is 61.7 Å². The fraction of sp³-hybridized carbons (Fsp3) is 1.00. The van der Waals surface area contributed by atoms with E-state index in [9.17, 15) is 0 Å². The minimum absolute atomic E-state index is 0.883. The normalized spacial score (nSPS) is 31.0. The molecule has 0 aromatic heterocycles. The highest BCUT2D eigenvalue weighted by atomic mass is 15.3. The molecule has 18 heavy (non-hydrogen) atoms. The van der Waals surface area contributed by atoms with E-state index in [0.717, 1.165) is 12.0 Å². The van der Waals surface area contributed by atoms with E-state index < -0.39 is 0 Å². The van der Waals surface area contributed by atoms with Crippen LogP contribution in [0.2, 0.25) is 0 Å². The van der Waals surface area contributed by atoms with Gasteiger partial charge >= 0.3 is 0 Å². The van der Waals surface area contributed by atoms with Crippen LogP contribution in [0.15, 0.2) is 0 Å². The molecule has 0 amide bonds. The Hall–Kier alpha value is -0.120. The van der Waals surface area contributed by atoms with Gasteiger partial charge in [-0.2, -0.15) is 0 Å². The Morgan fingerprint density at radius 1 is 0.944 bits per heavy atom. The first-order valence-electron chi connectivity index (χ1n) is 8.09. The molecule has 1 saturated carbocycles. The lowest BCUT2D eigenvalue weighted by Crippen LogP contribution is -2.51. The van der Waals surface area contributed by atoms with Crippen LogP contribution in [0.1, 0.15) is 38.5 Å². The summed E-state index contributed by atoms with van der Waals surface area (Å²) >= 11 is 0. The number of nitrogens with zero attached hydrogens (tertiary/aromatic N) is 2. The van der Waals surface area contributed by atoms with Gasteiger partial charge in [-0.15, -0.1) is 0 Å². The first-order chi connectivity index (χ1) is 8.92. The molecule has 3 rings (SSSR count). The highest BCUT2D eigenvalue weighted by Crippen LogP contribution is 2.23. The van der Waals surface area contributed by atoms with Crippen molar-refractivity contribution in [2.75, 3.05) is 45.8 Å². The molecule has 0 radical (unpaired) electrons. The number of nitrogens with one attached hydrogen (secondary N) is 1. The van der Waals surface area contributed by atoms with Gasteiger partial charge in [0.1, 0.15) is 0 Å². The second-order valence-corrected chi connectivity index (χ2v) is 6.49. The summed E-state index contributed by atoms with van der Waals surface area (Å²) in [6.07, 6.45) is 8.73. The molecule has 0 aromatic rings. The van der Waals surface area contributed by atoms with Crippen molar-refractivity contribution < 1.29 is 0 Å². The van der Waals surface area contributed by atoms with E-state index in [-0.39, 0.29) is 0 Å². The summed E-state index contributed by atoms with van der Waals surface area (Å²) in [7, 11) is 0. The van der Waals surface area contributed by atoms with Crippen LogP contribution in [0.4, 0.5) is 0 Å². The third-order valence-electron chi connectivity index (χ3n) is 5.18. The van der Waals surface area contributed by atoms with Gasteiger partial charge in [0.2, 0.25) is 0 Å². The second-order valence-electron chi connectivity index (χ2n) is 6.49. The van der Waals surface area contributed by atoms with Crippen LogP contribution in [0.3, 0.4) is 0 Å². The van der Waals surface area contributed by atoms with Crippen molar-refractivity contribution in [1.29, 1.82) is 0 Å². The molecule has 1 unspecified atom stereocenters. The van der Waals surface area contributed by atoms with Crippen LogP contribution in [0, 0.1) is 5.92 Å². The van der Waals surface area contributed by atoms with Gasteiger partial charge in [-0.25, -0.2) is 0 Å². The smallest absolute Gasteiger partial charge is 0.0224 e. The largest absolute Gasteiger partial charge is 0.315 e. The van der Waals surface area contributed by atoms with Gasteiger partial charge in [-0.1, -0.05) is 12.8 Å². The van der Waals surface area contributed by atoms with Gasteiger partial charge in [0, 0.05) is 38.8 Å². The van der Waals surface area contributed by atoms with Gasteiger partial charge in [0.05, 0.1) is 0 Å². The lowest BCUT2D eigenvalue weighted by atomic mass is 10.1. The average molecular weight is 251 g/mol. The average Bonchev–Trinajstić information content (AvgIpc) is 3.05. The van der Waals surface area contributed by atoms with Crippen LogP contribution in [0.5, 0.6) is 0 Å². The topological polar surface area (TPSA) is 18.5 Å². The molecule has 3 heteroatoms. The molecule has 2 heterocycles. The summed E-state index contributed by atoms with van der Waals surface area (Å²) in [6, 6.07) is 0.883. The number of fused-ring (bicyclic) bond motifs is 1. The zero-order valence-corrected chi connectivity index (χ0v) is 11.7. The molecule has 0 aromatic carbocycles. The van der Waals surface area contributed by atoms with E-state index in [1.165, 1.54) is 84.3 Å². The third kappa shape index (κ3) is 3.25. The Kier molecular flexibility index (Phi) is 4.55. The van der Waals surface area contributed by atoms with E-state index in [0.29, 0.717) is 0 Å². The molecular formula is C15H29N3. The molecule has 0 bridgehead atoms. The maximum absolute atomic E-state index is 3.68. The Labute approximate surface area is 112 Å². The first-order valence-corrected chi connectivity index (χ1v) is 8.09. The number of piperazine rings is 1. The van der Waals surface area contributed by atoms with E-state index in [1.807, 2.05) is 0 Å². The molecular weight excluding hydrogens is 222 g/mol. The van der Waals surface area contributed by atoms with Gasteiger partial charge in [-0.05, 0) is 44.7 Å². The molecule has 104 valence electrons. The maximum atomic E-state index is 3.68. The van der Waals surface area contributed by atoms with Crippen LogP contribution < -0.4 is 5.32 Å². The third-order valence-corrected chi connectivity index (χ3v) is 5.18. The van der Waals surface area contributed by atoms with Crippen molar-refractivity contribution in [3.8, 4) is 0 Å². The van der Waals surface area contributed by atoms with Gasteiger partial charge in [0.15, 0.2) is 0 Å². The molecule has 2 saturated heterocycles. The van der Waals surface area contributed by atoms with E-state index in [4.69, 9.17) is 0 Å². The summed E-state index contributed by atoms with van der Waals surface area (Å²) in [5, 5.41) is 3.68. The van der Waals surface area contributed by atoms with Crippen LogP contribution in [0.25, 0.3) is 0 Å². The minimum atomic E-state index is 0.883. The fourth-order valence-electron chi connectivity index (χ4n) is 4.02. The Bertz CT molecular complexity index is 250. The van der Waals surface area contributed by atoms with Crippen molar-refractivity contribution in [3.63, 3.8) is 0 Å². The van der Waals surface area contributed by atoms with Crippen LogP contribution >= 0.6 is 0 Å². The molecule has 2 aliphatic heterocycles. The second kappa shape index (κ2) is 6.36. The Morgan fingerprint density at radius 2 is 1.83 bits per heavy atom. The Balaban J connectivity index is 1.29. The molecule has 0 spiro atoms. The molecule has 3 fully saturated rings. The number of rotatable bonds is 5. The quantitative estimate of drug-likeness (QED) is 0.748. The maximum Gasteiger partial charge on any atom is 0.0224 e. The molecule has 1 aliphatic carbocycles. The van der Waals surface area contributed by atoms with Crippen molar-refractivity contribution in [2.45, 2.75) is 44.6 Å². The van der Waals surface area contributed by atoms with Crippen molar-refractivity contribution >= 4 is 0 Å². The molecule has 1 N–H and O–H groups in total. The zero-order valence-electron chi connectivity index (χ0n) is 11.7. The summed E-state index contributed by atoms with van der Waals surface area (Å²) in [5.74, 6) is 0.983. The summed E-state index contributed by atoms with van der Waals surface area (Å²) < 4.78 is 0. The summed E-state index contributed by atoms with van der Waals surface area (Å²) in [6.45, 7) is 9.02. The SMILES string of the molecule is C1CCC(CNCCN2CCN3CCCC3C2)C1. The summed E-state index contributed by atoms with van der Waals surface area (Å²) in [5.41, 5.74) is 0. The van der Waals surface area contributed by atoms with Gasteiger partial charge in [0.25, 0.3) is 0 Å². The number of hydrogen-bond donors (Lipinski definition) is 1. The first kappa shape index (κ1) is 12.9.